The predicted molar refractivity (Wildman–Crippen MR) is 50.3 cm³/mol. The molecule has 0 radical (unpaired) electrons. The molecule has 0 aliphatic heterocycles. The van der Waals surface area contributed by atoms with Gasteiger partial charge in [0.25, 0.3) is 0 Å². The SMILES string of the molecule is N#CC(N)=Cc1ccc(Cl)cc1.[H-].[K+]. The van der Waals surface area contributed by atoms with Gasteiger partial charge in [0.05, 0.1) is 0 Å². The summed E-state index contributed by atoms with van der Waals surface area (Å²) in [5.74, 6) is 0. The summed E-state index contributed by atoms with van der Waals surface area (Å²) in [5, 5.41) is 9.05. The molecule has 0 bridgehead atoms. The number of hydrogen-bond donors (Lipinski definition) is 1. The topological polar surface area (TPSA) is 49.8 Å². The van der Waals surface area contributed by atoms with Crippen molar-refractivity contribution in [2.24, 2.45) is 5.73 Å². The number of halogens is 1. The van der Waals surface area contributed by atoms with Crippen LogP contribution >= 0.6 is 11.6 Å². The van der Waals surface area contributed by atoms with Gasteiger partial charge >= 0.3 is 51.4 Å². The standard InChI is InChI=1S/C9H7ClN2.K.H/c10-8-3-1-7(2-4-8)5-9(12)6-11;;/h1-5H,12H2;;/q;+1;-1. The zero-order valence-corrected chi connectivity index (χ0v) is 11.2. The molecule has 0 fully saturated rings. The third-order valence-corrected chi connectivity index (χ3v) is 1.57. The van der Waals surface area contributed by atoms with Gasteiger partial charge in [0.1, 0.15) is 11.8 Å². The Hall–Kier alpha value is 0.176. The number of nitrogens with zero attached hydrogens (tertiary/aromatic N) is 1. The van der Waals surface area contributed by atoms with E-state index in [2.05, 4.69) is 0 Å². The molecule has 2 N–H and O–H groups in total. The van der Waals surface area contributed by atoms with E-state index in [1.807, 2.05) is 6.07 Å². The Morgan fingerprint density at radius 2 is 2.00 bits per heavy atom. The van der Waals surface area contributed by atoms with Crippen LogP contribution in [0.25, 0.3) is 6.08 Å². The minimum absolute atomic E-state index is 0. The first kappa shape index (κ1) is 13.2. The van der Waals surface area contributed by atoms with Crippen molar-refractivity contribution >= 4 is 17.7 Å². The second kappa shape index (κ2) is 6.60. The van der Waals surface area contributed by atoms with Crippen LogP contribution in [-0.4, -0.2) is 0 Å². The third kappa shape index (κ3) is 4.82. The summed E-state index contributed by atoms with van der Waals surface area (Å²) in [7, 11) is 0. The summed E-state index contributed by atoms with van der Waals surface area (Å²) < 4.78 is 0. The third-order valence-electron chi connectivity index (χ3n) is 1.32. The summed E-state index contributed by atoms with van der Waals surface area (Å²) >= 11 is 5.67. The maximum Gasteiger partial charge on any atom is 1.00 e. The summed E-state index contributed by atoms with van der Waals surface area (Å²) in [6.45, 7) is 0. The molecule has 62 valence electrons. The van der Waals surface area contributed by atoms with Gasteiger partial charge in [0.2, 0.25) is 0 Å². The van der Waals surface area contributed by atoms with Crippen LogP contribution in [0.4, 0.5) is 0 Å². The zero-order valence-electron chi connectivity index (χ0n) is 8.29. The number of nitrogens with two attached hydrogens (primary N) is 1. The Kier molecular flexibility index (Phi) is 6.69. The largest absolute Gasteiger partial charge is 1.00 e. The first-order chi connectivity index (χ1) is 5.72. The Morgan fingerprint density at radius 1 is 1.46 bits per heavy atom. The van der Waals surface area contributed by atoms with Gasteiger partial charge in [0, 0.05) is 5.02 Å². The molecule has 0 aromatic heterocycles. The average molecular weight is 219 g/mol. The van der Waals surface area contributed by atoms with E-state index >= 15 is 0 Å². The molecule has 2 nitrogen and oxygen atoms in total. The van der Waals surface area contributed by atoms with E-state index in [4.69, 9.17) is 22.6 Å². The van der Waals surface area contributed by atoms with Crippen LogP contribution in [0.3, 0.4) is 0 Å². The van der Waals surface area contributed by atoms with Crippen molar-refractivity contribution in [3.63, 3.8) is 0 Å². The molecule has 0 heterocycles. The van der Waals surface area contributed by atoms with Gasteiger partial charge in [-0.05, 0) is 23.8 Å². The number of rotatable bonds is 1. The van der Waals surface area contributed by atoms with E-state index in [0.29, 0.717) is 5.02 Å². The molecule has 1 aromatic rings. The summed E-state index contributed by atoms with van der Waals surface area (Å²) in [6, 6.07) is 8.93. The van der Waals surface area contributed by atoms with Gasteiger partial charge in [-0.3, -0.25) is 0 Å². The maximum absolute atomic E-state index is 8.38. The molecular formula is C9H8ClKN2. The number of benzene rings is 1. The fourth-order valence-electron chi connectivity index (χ4n) is 0.771. The van der Waals surface area contributed by atoms with Crippen molar-refractivity contribution < 1.29 is 52.8 Å². The van der Waals surface area contributed by atoms with Gasteiger partial charge in [-0.1, -0.05) is 23.7 Å². The Balaban J connectivity index is 0. The molecule has 0 aliphatic carbocycles. The normalized spacial score (nSPS) is 10.0. The first-order valence-corrected chi connectivity index (χ1v) is 3.73. The number of nitriles is 1. The Bertz CT molecular complexity index is 343. The minimum atomic E-state index is 0. The van der Waals surface area contributed by atoms with Crippen molar-refractivity contribution in [1.82, 2.24) is 0 Å². The van der Waals surface area contributed by atoms with Gasteiger partial charge in [-0.15, -0.1) is 0 Å². The first-order valence-electron chi connectivity index (χ1n) is 3.35. The molecule has 0 spiro atoms. The van der Waals surface area contributed by atoms with Crippen molar-refractivity contribution in [3.05, 3.63) is 40.5 Å². The summed E-state index contributed by atoms with van der Waals surface area (Å²) in [6.07, 6.45) is 1.59. The summed E-state index contributed by atoms with van der Waals surface area (Å²) in [4.78, 5) is 0. The zero-order chi connectivity index (χ0) is 8.97. The van der Waals surface area contributed by atoms with Crippen molar-refractivity contribution in [3.8, 4) is 6.07 Å². The van der Waals surface area contributed by atoms with Gasteiger partial charge < -0.3 is 7.16 Å². The van der Waals surface area contributed by atoms with Crippen LogP contribution in [-0.2, 0) is 0 Å². The van der Waals surface area contributed by atoms with E-state index in [0.717, 1.165) is 5.56 Å². The van der Waals surface area contributed by atoms with Gasteiger partial charge in [-0.2, -0.15) is 5.26 Å². The van der Waals surface area contributed by atoms with E-state index in [-0.39, 0.29) is 58.5 Å². The van der Waals surface area contributed by atoms with Crippen molar-refractivity contribution in [2.75, 3.05) is 0 Å². The molecule has 0 amide bonds. The fraction of sp³-hybridized carbons (Fsp3) is 0. The van der Waals surface area contributed by atoms with E-state index in [1.54, 1.807) is 30.3 Å². The molecule has 13 heavy (non-hydrogen) atoms. The summed E-state index contributed by atoms with van der Waals surface area (Å²) in [5.41, 5.74) is 6.38. The quantitative estimate of drug-likeness (QED) is 0.500. The van der Waals surface area contributed by atoms with E-state index in [9.17, 15) is 0 Å². The smallest absolute Gasteiger partial charge is 1.00 e. The van der Waals surface area contributed by atoms with Crippen LogP contribution < -0.4 is 57.1 Å². The second-order valence-electron chi connectivity index (χ2n) is 2.26. The molecule has 1 rings (SSSR count). The van der Waals surface area contributed by atoms with Crippen LogP contribution in [0.5, 0.6) is 0 Å². The van der Waals surface area contributed by atoms with Crippen LogP contribution in [0, 0.1) is 11.3 Å². The molecule has 1 aromatic carbocycles. The minimum Gasteiger partial charge on any atom is -1.00 e. The average Bonchev–Trinajstić information content (AvgIpc) is 2.09. The molecule has 0 unspecified atom stereocenters. The van der Waals surface area contributed by atoms with Crippen LogP contribution in [0.15, 0.2) is 30.0 Å². The van der Waals surface area contributed by atoms with Crippen molar-refractivity contribution in [1.29, 1.82) is 5.26 Å². The molecule has 0 aliphatic rings. The fourth-order valence-corrected chi connectivity index (χ4v) is 0.897. The molecular weight excluding hydrogens is 211 g/mol. The molecule has 4 heteroatoms. The van der Waals surface area contributed by atoms with Crippen LogP contribution in [0.2, 0.25) is 5.02 Å². The van der Waals surface area contributed by atoms with Gasteiger partial charge in [-0.25, -0.2) is 0 Å². The van der Waals surface area contributed by atoms with Crippen LogP contribution in [0.1, 0.15) is 6.99 Å². The number of allylic oxidation sites excluding steroid dienone is 1. The Labute approximate surface area is 126 Å². The van der Waals surface area contributed by atoms with Gasteiger partial charge in [0.15, 0.2) is 0 Å². The maximum atomic E-state index is 8.38. The van der Waals surface area contributed by atoms with Crippen molar-refractivity contribution in [2.45, 2.75) is 0 Å². The van der Waals surface area contributed by atoms with E-state index in [1.165, 1.54) is 0 Å². The molecule has 0 atom stereocenters. The monoisotopic (exact) mass is 218 g/mol. The van der Waals surface area contributed by atoms with E-state index < -0.39 is 0 Å². The predicted octanol–water partition coefficient (Wildman–Crippen LogP) is -0.720. The Morgan fingerprint density at radius 3 is 2.46 bits per heavy atom. The second-order valence-corrected chi connectivity index (χ2v) is 2.70. The molecule has 0 saturated carbocycles. The molecule has 0 saturated heterocycles. The number of hydrogen-bond acceptors (Lipinski definition) is 2.